The van der Waals surface area contributed by atoms with Crippen LogP contribution in [0.15, 0.2) is 0 Å². The Morgan fingerprint density at radius 3 is 2.00 bits per heavy atom. The molecule has 0 radical (unpaired) electrons. The Morgan fingerprint density at radius 1 is 1.12 bits per heavy atom. The summed E-state index contributed by atoms with van der Waals surface area (Å²) in [6.45, 7) is 11.7. The summed E-state index contributed by atoms with van der Waals surface area (Å²) >= 11 is 0. The molecule has 0 saturated carbocycles. The van der Waals surface area contributed by atoms with E-state index in [0.717, 1.165) is 6.04 Å². The molecule has 0 unspecified atom stereocenters. The zero-order valence-corrected chi connectivity index (χ0v) is 12.8. The molecule has 3 heteroatoms. The van der Waals surface area contributed by atoms with Crippen LogP contribution in [0.4, 0.5) is 0 Å². The Balaban J connectivity index is 2.64. The average molecular weight is 241 g/mol. The van der Waals surface area contributed by atoms with Crippen LogP contribution in [0.3, 0.4) is 0 Å². The maximum atomic E-state index is 2.57. The van der Waals surface area contributed by atoms with Crippen LogP contribution in [0.1, 0.15) is 40.5 Å². The molecule has 1 fully saturated rings. The highest BCUT2D eigenvalue weighted by molar-refractivity contribution is 4.87. The van der Waals surface area contributed by atoms with Gasteiger partial charge in [-0.3, -0.25) is 9.80 Å². The fourth-order valence-electron chi connectivity index (χ4n) is 2.71. The number of hydrogen-bond acceptors (Lipinski definition) is 3. The molecule has 3 nitrogen and oxygen atoms in total. The largest absolute Gasteiger partial charge is 0.306 e. The Labute approximate surface area is 108 Å². The average Bonchev–Trinajstić information content (AvgIpc) is 2.27. The molecular formula is C14H31N3. The predicted octanol–water partition coefficient (Wildman–Crippen LogP) is 2.09. The van der Waals surface area contributed by atoms with Gasteiger partial charge in [0.15, 0.2) is 0 Å². The lowest BCUT2D eigenvalue weighted by Gasteiger charge is -2.50. The van der Waals surface area contributed by atoms with Gasteiger partial charge in [-0.2, -0.15) is 0 Å². The minimum Gasteiger partial charge on any atom is -0.306 e. The van der Waals surface area contributed by atoms with E-state index in [-0.39, 0.29) is 5.66 Å². The lowest BCUT2D eigenvalue weighted by molar-refractivity contribution is -0.0535. The van der Waals surface area contributed by atoms with E-state index in [1.807, 2.05) is 0 Å². The maximum absolute atomic E-state index is 2.57. The Kier molecular flexibility index (Phi) is 4.99. The highest BCUT2D eigenvalue weighted by Gasteiger charge is 2.35. The summed E-state index contributed by atoms with van der Waals surface area (Å²) in [6.07, 6.45) is 2.59. The van der Waals surface area contributed by atoms with Crippen molar-refractivity contribution in [2.45, 2.75) is 58.3 Å². The van der Waals surface area contributed by atoms with Crippen molar-refractivity contribution in [3.63, 3.8) is 0 Å². The second kappa shape index (κ2) is 5.68. The van der Waals surface area contributed by atoms with Crippen LogP contribution in [-0.4, -0.2) is 66.7 Å². The zero-order valence-electron chi connectivity index (χ0n) is 12.8. The van der Waals surface area contributed by atoms with Gasteiger partial charge in [0.2, 0.25) is 0 Å². The van der Waals surface area contributed by atoms with Gasteiger partial charge < -0.3 is 4.90 Å². The van der Waals surface area contributed by atoms with Crippen LogP contribution in [0.2, 0.25) is 0 Å². The van der Waals surface area contributed by atoms with Gasteiger partial charge >= 0.3 is 0 Å². The molecule has 1 rings (SSSR count). The Bertz CT molecular complexity index is 230. The topological polar surface area (TPSA) is 9.72 Å². The van der Waals surface area contributed by atoms with Gasteiger partial charge in [-0.25, -0.2) is 0 Å². The van der Waals surface area contributed by atoms with Gasteiger partial charge in [-0.05, 0) is 74.8 Å². The number of piperidine rings is 1. The van der Waals surface area contributed by atoms with E-state index in [9.17, 15) is 0 Å². The van der Waals surface area contributed by atoms with Gasteiger partial charge in [0, 0.05) is 12.1 Å². The third-order valence-corrected chi connectivity index (χ3v) is 4.74. The van der Waals surface area contributed by atoms with E-state index >= 15 is 0 Å². The van der Waals surface area contributed by atoms with Crippen LogP contribution in [-0.2, 0) is 0 Å². The van der Waals surface area contributed by atoms with Crippen LogP contribution >= 0.6 is 0 Å². The molecule has 0 N–H and O–H groups in total. The molecule has 0 aromatic carbocycles. The first-order chi connectivity index (χ1) is 7.76. The van der Waals surface area contributed by atoms with Crippen molar-refractivity contribution >= 4 is 0 Å². The smallest absolute Gasteiger partial charge is 0.0679 e. The molecule has 0 aromatic rings. The van der Waals surface area contributed by atoms with E-state index in [1.54, 1.807) is 0 Å². The van der Waals surface area contributed by atoms with Crippen LogP contribution in [0, 0.1) is 0 Å². The second-order valence-electron chi connectivity index (χ2n) is 6.34. The molecule has 1 heterocycles. The molecule has 0 aliphatic carbocycles. The fraction of sp³-hybridized carbons (Fsp3) is 1.00. The van der Waals surface area contributed by atoms with Crippen molar-refractivity contribution in [2.24, 2.45) is 0 Å². The molecule has 0 atom stereocenters. The van der Waals surface area contributed by atoms with Gasteiger partial charge in [-0.15, -0.1) is 0 Å². The minimum atomic E-state index is 0.134. The van der Waals surface area contributed by atoms with Crippen molar-refractivity contribution in [2.75, 3.05) is 34.2 Å². The van der Waals surface area contributed by atoms with E-state index in [2.05, 4.69) is 63.5 Å². The van der Waals surface area contributed by atoms with E-state index in [4.69, 9.17) is 0 Å². The first-order valence-electron chi connectivity index (χ1n) is 6.91. The predicted molar refractivity (Wildman–Crippen MR) is 75.3 cm³/mol. The van der Waals surface area contributed by atoms with E-state index < -0.39 is 0 Å². The second-order valence-corrected chi connectivity index (χ2v) is 6.34. The SMILES string of the molecule is CC(C)N(C)C(C)(C)N(C)C1CCN(C)CC1. The van der Waals surface area contributed by atoms with Crippen LogP contribution in [0.25, 0.3) is 0 Å². The Morgan fingerprint density at radius 2 is 1.59 bits per heavy atom. The highest BCUT2D eigenvalue weighted by atomic mass is 15.4. The molecular weight excluding hydrogens is 210 g/mol. The molecule has 1 saturated heterocycles. The molecule has 0 spiro atoms. The molecule has 102 valence electrons. The lowest BCUT2D eigenvalue weighted by atomic mass is 9.99. The molecule has 0 aromatic heterocycles. The van der Waals surface area contributed by atoms with Gasteiger partial charge in [0.25, 0.3) is 0 Å². The lowest BCUT2D eigenvalue weighted by Crippen LogP contribution is -2.60. The van der Waals surface area contributed by atoms with E-state index in [1.165, 1.54) is 25.9 Å². The van der Waals surface area contributed by atoms with Crippen molar-refractivity contribution in [3.05, 3.63) is 0 Å². The standard InChI is InChI=1S/C14H31N3/c1-12(2)16(6)14(3,4)17(7)13-8-10-15(5)11-9-13/h12-13H,8-11H2,1-7H3. The normalized spacial score (nSPS) is 20.8. The summed E-state index contributed by atoms with van der Waals surface area (Å²) in [7, 11) is 6.74. The monoisotopic (exact) mass is 241 g/mol. The molecule has 0 amide bonds. The summed E-state index contributed by atoms with van der Waals surface area (Å²) in [5.74, 6) is 0. The first kappa shape index (κ1) is 14.9. The number of rotatable bonds is 4. The maximum Gasteiger partial charge on any atom is 0.0679 e. The highest BCUT2D eigenvalue weighted by Crippen LogP contribution is 2.25. The third kappa shape index (κ3) is 3.43. The summed E-state index contributed by atoms with van der Waals surface area (Å²) in [5.41, 5.74) is 0.134. The summed E-state index contributed by atoms with van der Waals surface area (Å²) in [5, 5.41) is 0. The zero-order chi connectivity index (χ0) is 13.2. The fourth-order valence-corrected chi connectivity index (χ4v) is 2.71. The van der Waals surface area contributed by atoms with Gasteiger partial charge in [-0.1, -0.05) is 0 Å². The number of likely N-dealkylation sites (tertiary alicyclic amines) is 1. The minimum absolute atomic E-state index is 0.134. The molecule has 17 heavy (non-hydrogen) atoms. The van der Waals surface area contributed by atoms with Gasteiger partial charge in [0.1, 0.15) is 0 Å². The number of hydrogen-bond donors (Lipinski definition) is 0. The van der Waals surface area contributed by atoms with Crippen molar-refractivity contribution < 1.29 is 0 Å². The summed E-state index contributed by atoms with van der Waals surface area (Å²) < 4.78 is 0. The first-order valence-corrected chi connectivity index (χ1v) is 6.91. The van der Waals surface area contributed by atoms with E-state index in [0.29, 0.717) is 6.04 Å². The summed E-state index contributed by atoms with van der Waals surface area (Å²) in [6, 6.07) is 1.31. The molecule has 1 aliphatic heterocycles. The van der Waals surface area contributed by atoms with Crippen LogP contribution < -0.4 is 0 Å². The quantitative estimate of drug-likeness (QED) is 0.698. The molecule has 1 aliphatic rings. The van der Waals surface area contributed by atoms with Gasteiger partial charge in [0.05, 0.1) is 5.66 Å². The van der Waals surface area contributed by atoms with Crippen molar-refractivity contribution in [1.29, 1.82) is 0 Å². The van der Waals surface area contributed by atoms with Crippen LogP contribution in [0.5, 0.6) is 0 Å². The summed E-state index contributed by atoms with van der Waals surface area (Å²) in [4.78, 5) is 7.47. The van der Waals surface area contributed by atoms with Crippen molar-refractivity contribution in [3.8, 4) is 0 Å². The third-order valence-electron chi connectivity index (χ3n) is 4.74. The number of nitrogens with zero attached hydrogens (tertiary/aromatic N) is 3. The Hall–Kier alpha value is -0.120. The molecule has 0 bridgehead atoms. The van der Waals surface area contributed by atoms with Crippen molar-refractivity contribution in [1.82, 2.24) is 14.7 Å².